The predicted octanol–water partition coefficient (Wildman–Crippen LogP) is 3.04. The molecule has 2 aromatic rings. The van der Waals surface area contributed by atoms with E-state index >= 15 is 0 Å². The van der Waals surface area contributed by atoms with E-state index in [-0.39, 0.29) is 4.90 Å². The monoisotopic (exact) mass is 478 g/mol. The van der Waals surface area contributed by atoms with Crippen LogP contribution < -0.4 is 4.74 Å². The van der Waals surface area contributed by atoms with E-state index in [0.717, 1.165) is 26.1 Å². The molecular formula is C19H21F3N2O5S2. The van der Waals surface area contributed by atoms with Gasteiger partial charge in [0.05, 0.1) is 6.54 Å². The normalized spacial score (nSPS) is 23.4. The van der Waals surface area contributed by atoms with Gasteiger partial charge in [0.2, 0.25) is 10.0 Å². The third kappa shape index (κ3) is 5.37. The molecule has 0 bridgehead atoms. The Kier molecular flexibility index (Phi) is 6.65. The lowest BCUT2D eigenvalue weighted by Gasteiger charge is -2.30. The predicted molar refractivity (Wildman–Crippen MR) is 108 cm³/mol. The lowest BCUT2D eigenvalue weighted by atomic mass is 10.0. The summed E-state index contributed by atoms with van der Waals surface area (Å²) in [6.07, 6.45) is -4.26. The number of para-hydroxylation sites is 1. The molecule has 2 aliphatic heterocycles. The molecule has 31 heavy (non-hydrogen) atoms. The smallest absolute Gasteiger partial charge is 0.483 e. The molecule has 1 atom stereocenters. The topological polar surface area (TPSA) is 87.2 Å². The Balaban J connectivity index is 0.000000339. The summed E-state index contributed by atoms with van der Waals surface area (Å²) < 4.78 is 64.9. The fraction of sp³-hybridized carbons (Fsp3) is 0.421. The molecule has 1 fully saturated rings. The van der Waals surface area contributed by atoms with Crippen molar-refractivity contribution in [1.82, 2.24) is 9.21 Å². The quantitative estimate of drug-likeness (QED) is 0.714. The molecule has 0 aliphatic carbocycles. The minimum Gasteiger partial charge on any atom is -0.483 e. The molecule has 12 heteroatoms. The molecular weight excluding hydrogens is 457 g/mol. The third-order valence-electron chi connectivity index (χ3n) is 4.97. The summed E-state index contributed by atoms with van der Waals surface area (Å²) in [7, 11) is -1.85. The molecule has 1 aromatic heterocycles. The van der Waals surface area contributed by atoms with Crippen LogP contribution in [0.1, 0.15) is 11.3 Å². The van der Waals surface area contributed by atoms with Gasteiger partial charge in [-0.25, -0.2) is 13.2 Å². The Bertz CT molecular complexity index is 1030. The number of carboxylic acids is 1. The maximum atomic E-state index is 12.7. The van der Waals surface area contributed by atoms with Crippen molar-refractivity contribution < 1.29 is 36.2 Å². The summed E-state index contributed by atoms with van der Waals surface area (Å²) in [5.74, 6) is -2.28. The second-order valence-electron chi connectivity index (χ2n) is 7.34. The third-order valence-corrected chi connectivity index (χ3v) is 7.68. The van der Waals surface area contributed by atoms with E-state index in [1.165, 1.54) is 9.18 Å². The maximum Gasteiger partial charge on any atom is 0.490 e. The Morgan fingerprint density at radius 1 is 1.23 bits per heavy atom. The molecule has 1 aromatic carbocycles. The van der Waals surface area contributed by atoms with Crippen LogP contribution in [-0.2, 0) is 21.4 Å². The first kappa shape index (κ1) is 23.5. The Labute approximate surface area is 181 Å². The highest BCUT2D eigenvalue weighted by Gasteiger charge is 2.46. The van der Waals surface area contributed by atoms with Crippen molar-refractivity contribution in [3.05, 3.63) is 46.7 Å². The molecule has 1 saturated heterocycles. The zero-order valence-electron chi connectivity index (χ0n) is 16.5. The zero-order valence-corrected chi connectivity index (χ0v) is 18.1. The number of aliphatic carboxylic acids is 1. The first-order chi connectivity index (χ1) is 14.4. The molecule has 4 rings (SSSR count). The van der Waals surface area contributed by atoms with E-state index in [2.05, 4.69) is 22.4 Å². The number of hydrogen-bond acceptors (Lipinski definition) is 6. The van der Waals surface area contributed by atoms with Crippen molar-refractivity contribution in [1.29, 1.82) is 0 Å². The van der Waals surface area contributed by atoms with Crippen molar-refractivity contribution in [2.45, 2.75) is 29.6 Å². The number of benzene rings is 1. The van der Waals surface area contributed by atoms with Crippen LogP contribution in [0.3, 0.4) is 0 Å². The Hall–Kier alpha value is -2.15. The van der Waals surface area contributed by atoms with Crippen LogP contribution in [0.25, 0.3) is 0 Å². The average molecular weight is 479 g/mol. The summed E-state index contributed by atoms with van der Waals surface area (Å²) in [5, 5.41) is 9.21. The van der Waals surface area contributed by atoms with Crippen LogP contribution in [0.15, 0.2) is 46.7 Å². The zero-order chi connectivity index (χ0) is 22.9. The van der Waals surface area contributed by atoms with Gasteiger partial charge < -0.3 is 9.84 Å². The minimum atomic E-state index is -5.08. The second kappa shape index (κ2) is 8.77. The van der Waals surface area contributed by atoms with Gasteiger partial charge in [-0.1, -0.05) is 18.2 Å². The summed E-state index contributed by atoms with van der Waals surface area (Å²) in [6, 6.07) is 11.1. The molecule has 1 spiro atoms. The molecule has 1 unspecified atom stereocenters. The average Bonchev–Trinajstić information content (AvgIpc) is 3.30. The number of thiophene rings is 1. The number of fused-ring (bicyclic) bond motifs is 1. The van der Waals surface area contributed by atoms with Gasteiger partial charge in [0.25, 0.3) is 0 Å². The van der Waals surface area contributed by atoms with Crippen molar-refractivity contribution in [2.75, 3.05) is 26.7 Å². The largest absolute Gasteiger partial charge is 0.490 e. The van der Waals surface area contributed by atoms with Crippen LogP contribution in [0.5, 0.6) is 5.75 Å². The molecule has 170 valence electrons. The number of carboxylic acid groups (broad SMARTS) is 1. The highest BCUT2D eigenvalue weighted by atomic mass is 32.2. The fourth-order valence-electron chi connectivity index (χ4n) is 3.57. The fourth-order valence-corrected chi connectivity index (χ4v) is 5.67. The lowest BCUT2D eigenvalue weighted by molar-refractivity contribution is -0.192. The summed E-state index contributed by atoms with van der Waals surface area (Å²) >= 11 is 1.75. The summed E-state index contributed by atoms with van der Waals surface area (Å²) in [5.41, 5.74) is -0.480. The van der Waals surface area contributed by atoms with Crippen LogP contribution in [0, 0.1) is 0 Å². The van der Waals surface area contributed by atoms with Crippen LogP contribution in [-0.4, -0.2) is 67.2 Å². The van der Waals surface area contributed by atoms with Gasteiger partial charge in [-0.2, -0.15) is 17.5 Å². The number of sulfonamides is 1. The van der Waals surface area contributed by atoms with Crippen molar-refractivity contribution in [3.8, 4) is 5.75 Å². The Morgan fingerprint density at radius 2 is 1.90 bits per heavy atom. The highest BCUT2D eigenvalue weighted by Crippen LogP contribution is 2.38. The van der Waals surface area contributed by atoms with Gasteiger partial charge in [0, 0.05) is 38.0 Å². The highest BCUT2D eigenvalue weighted by molar-refractivity contribution is 7.89. The summed E-state index contributed by atoms with van der Waals surface area (Å²) in [4.78, 5) is 12.8. The van der Waals surface area contributed by atoms with E-state index in [4.69, 9.17) is 14.6 Å². The van der Waals surface area contributed by atoms with E-state index in [1.54, 1.807) is 36.6 Å². The van der Waals surface area contributed by atoms with Crippen LogP contribution in [0.2, 0.25) is 0 Å². The molecule has 0 radical (unpaired) electrons. The number of alkyl halides is 3. The van der Waals surface area contributed by atoms with Gasteiger partial charge >= 0.3 is 12.1 Å². The number of likely N-dealkylation sites (tertiary alicyclic amines) is 1. The van der Waals surface area contributed by atoms with E-state index < -0.39 is 27.8 Å². The van der Waals surface area contributed by atoms with E-state index in [0.29, 0.717) is 12.3 Å². The number of nitrogens with zero attached hydrogens (tertiary/aromatic N) is 2. The number of rotatable bonds is 2. The van der Waals surface area contributed by atoms with E-state index in [1.807, 2.05) is 6.07 Å². The minimum absolute atomic E-state index is 0.265. The second-order valence-corrected chi connectivity index (χ2v) is 10.4. The number of halogens is 3. The van der Waals surface area contributed by atoms with Crippen LogP contribution >= 0.6 is 11.3 Å². The SMILES string of the molecule is CN1CC2(CCN(Cc3cccs3)C2)Oc2ccccc2S1(=O)=O.O=C(O)C(F)(F)F. The first-order valence-corrected chi connectivity index (χ1v) is 11.5. The van der Waals surface area contributed by atoms with Gasteiger partial charge in [-0.15, -0.1) is 11.3 Å². The van der Waals surface area contributed by atoms with Gasteiger partial charge in [0.1, 0.15) is 16.2 Å². The van der Waals surface area contributed by atoms with Crippen molar-refractivity contribution in [2.24, 2.45) is 0 Å². The standard InChI is InChI=1S/C17H20N2O3S2.C2HF3O2/c1-18-12-17(8-9-19(13-17)11-14-5-4-10-23-14)22-15-6-2-3-7-16(15)24(18,20)21;3-2(4,5)1(6)7/h2-7,10H,8-9,11-13H2,1H3;(H,6,7). The van der Waals surface area contributed by atoms with Gasteiger partial charge in [-0.05, 0) is 23.6 Å². The lowest BCUT2D eigenvalue weighted by Crippen LogP contribution is -2.47. The van der Waals surface area contributed by atoms with Gasteiger partial charge in [-0.3, -0.25) is 4.90 Å². The molecule has 2 aliphatic rings. The van der Waals surface area contributed by atoms with Crippen molar-refractivity contribution >= 4 is 27.3 Å². The molecule has 1 N–H and O–H groups in total. The Morgan fingerprint density at radius 3 is 2.52 bits per heavy atom. The number of hydrogen-bond donors (Lipinski definition) is 1. The van der Waals surface area contributed by atoms with Crippen molar-refractivity contribution in [3.63, 3.8) is 0 Å². The number of carbonyl (C=O) groups is 1. The van der Waals surface area contributed by atoms with Crippen LogP contribution in [0.4, 0.5) is 13.2 Å². The molecule has 7 nitrogen and oxygen atoms in total. The van der Waals surface area contributed by atoms with Gasteiger partial charge in [0.15, 0.2) is 0 Å². The first-order valence-electron chi connectivity index (χ1n) is 9.22. The molecule has 0 saturated carbocycles. The molecule has 0 amide bonds. The summed E-state index contributed by atoms with van der Waals surface area (Å²) in [6.45, 7) is 2.92. The number of ether oxygens (including phenoxy) is 1. The van der Waals surface area contributed by atoms with E-state index in [9.17, 15) is 21.6 Å². The maximum absolute atomic E-state index is 12.7. The molecule has 3 heterocycles. The number of likely N-dealkylation sites (N-methyl/N-ethyl adjacent to an activating group) is 1.